The molecule has 0 aliphatic carbocycles. The molecule has 2 N–H and O–H groups in total. The van der Waals surface area contributed by atoms with Crippen LogP contribution in [0.25, 0.3) is 0 Å². The first-order chi connectivity index (χ1) is 8.79. The Kier molecular flexibility index (Phi) is 4.15. The smallest absolute Gasteiger partial charge is 0.323 e. The number of hydrogen-bond donors (Lipinski definition) is 2. The normalized spacial score (nSPS) is 13.9. The van der Waals surface area contributed by atoms with E-state index in [0.717, 1.165) is 31.5 Å². The maximum atomic E-state index is 11.8. The Morgan fingerprint density at radius 2 is 2.28 bits per heavy atom. The van der Waals surface area contributed by atoms with E-state index in [0.29, 0.717) is 5.82 Å². The number of aromatic nitrogens is 1. The largest absolute Gasteiger partial charge is 0.384 e. The average Bonchev–Trinajstić information content (AvgIpc) is 2.91. The van der Waals surface area contributed by atoms with E-state index in [1.54, 1.807) is 23.2 Å². The summed E-state index contributed by atoms with van der Waals surface area (Å²) in [5.74, 6) is 5.81. The predicted molar refractivity (Wildman–Crippen MR) is 68.0 cm³/mol. The van der Waals surface area contributed by atoms with Crippen molar-refractivity contribution in [2.75, 3.05) is 25.0 Å². The lowest BCUT2D eigenvalue weighted by molar-refractivity contribution is 0.222. The number of nitrogens with zero attached hydrogens (tertiary/aromatic N) is 2. The first-order valence-electron chi connectivity index (χ1n) is 5.91. The van der Waals surface area contributed by atoms with Gasteiger partial charge in [0.15, 0.2) is 0 Å². The number of carbonyl (C=O) groups excluding carboxylic acids is 1. The van der Waals surface area contributed by atoms with Crippen molar-refractivity contribution in [1.29, 1.82) is 0 Å². The summed E-state index contributed by atoms with van der Waals surface area (Å²) in [4.78, 5) is 17.7. The van der Waals surface area contributed by atoms with Gasteiger partial charge in [0.1, 0.15) is 12.4 Å². The maximum Gasteiger partial charge on any atom is 0.323 e. The second-order valence-corrected chi connectivity index (χ2v) is 4.01. The number of likely N-dealkylation sites (tertiary alicyclic amines) is 1. The Labute approximate surface area is 106 Å². The number of anilines is 1. The zero-order valence-electron chi connectivity index (χ0n) is 10.0. The summed E-state index contributed by atoms with van der Waals surface area (Å²) in [6.45, 7) is 1.42. The fourth-order valence-corrected chi connectivity index (χ4v) is 1.83. The highest BCUT2D eigenvalue weighted by Gasteiger charge is 2.17. The third kappa shape index (κ3) is 3.22. The Morgan fingerprint density at radius 1 is 1.50 bits per heavy atom. The van der Waals surface area contributed by atoms with Crippen LogP contribution in [0.15, 0.2) is 18.3 Å². The minimum absolute atomic E-state index is 0.118. The molecule has 1 aliphatic rings. The van der Waals surface area contributed by atoms with Gasteiger partial charge in [0.05, 0.1) is 0 Å². The van der Waals surface area contributed by atoms with Crippen LogP contribution in [-0.4, -0.2) is 40.7 Å². The Balaban J connectivity index is 2.02. The molecule has 1 aliphatic heterocycles. The van der Waals surface area contributed by atoms with E-state index in [9.17, 15) is 4.79 Å². The fourth-order valence-electron chi connectivity index (χ4n) is 1.83. The molecule has 94 valence electrons. The first kappa shape index (κ1) is 12.4. The molecule has 1 saturated heterocycles. The molecule has 18 heavy (non-hydrogen) atoms. The van der Waals surface area contributed by atoms with Crippen LogP contribution < -0.4 is 5.32 Å². The molecular formula is C13H15N3O2. The summed E-state index contributed by atoms with van der Waals surface area (Å²) >= 11 is 0. The Bertz CT molecular complexity index is 484. The number of aliphatic hydroxyl groups is 1. The van der Waals surface area contributed by atoms with Gasteiger partial charge in [-0.1, -0.05) is 11.8 Å². The molecule has 0 unspecified atom stereocenters. The van der Waals surface area contributed by atoms with Crippen molar-refractivity contribution in [1.82, 2.24) is 9.88 Å². The topological polar surface area (TPSA) is 65.5 Å². The summed E-state index contributed by atoms with van der Waals surface area (Å²) in [5, 5.41) is 11.4. The van der Waals surface area contributed by atoms with E-state index < -0.39 is 0 Å². The quantitative estimate of drug-likeness (QED) is 0.727. The van der Waals surface area contributed by atoms with E-state index in [4.69, 9.17) is 5.11 Å². The summed E-state index contributed by atoms with van der Waals surface area (Å²) < 4.78 is 0. The van der Waals surface area contributed by atoms with Crippen LogP contribution in [0.1, 0.15) is 18.4 Å². The molecule has 0 saturated carbocycles. The van der Waals surface area contributed by atoms with Crippen molar-refractivity contribution in [3.8, 4) is 11.8 Å². The summed E-state index contributed by atoms with van der Waals surface area (Å²) in [5.41, 5.74) is 0.718. The van der Waals surface area contributed by atoms with Gasteiger partial charge in [-0.05, 0) is 25.0 Å². The van der Waals surface area contributed by atoms with Crippen molar-refractivity contribution in [3.05, 3.63) is 23.9 Å². The van der Waals surface area contributed by atoms with Crippen LogP contribution in [0.3, 0.4) is 0 Å². The SMILES string of the molecule is O=C(Nc1cc(C#CCO)ccn1)N1CCCC1. The molecule has 5 nitrogen and oxygen atoms in total. The van der Waals surface area contributed by atoms with Gasteiger partial charge >= 0.3 is 6.03 Å². The number of urea groups is 1. The number of pyridine rings is 1. The van der Waals surface area contributed by atoms with Gasteiger partial charge in [-0.3, -0.25) is 5.32 Å². The van der Waals surface area contributed by atoms with Gasteiger partial charge in [-0.15, -0.1) is 0 Å². The molecule has 1 aromatic heterocycles. The van der Waals surface area contributed by atoms with Crippen molar-refractivity contribution in [2.24, 2.45) is 0 Å². The molecule has 2 rings (SSSR count). The highest BCUT2D eigenvalue weighted by molar-refractivity contribution is 5.88. The summed E-state index contributed by atoms with van der Waals surface area (Å²) in [6, 6.07) is 3.30. The lowest BCUT2D eigenvalue weighted by Crippen LogP contribution is -2.32. The molecular weight excluding hydrogens is 230 g/mol. The molecule has 2 amide bonds. The van der Waals surface area contributed by atoms with Gasteiger partial charge in [0.25, 0.3) is 0 Å². The van der Waals surface area contributed by atoms with Crippen LogP contribution in [0.4, 0.5) is 10.6 Å². The molecule has 0 aromatic carbocycles. The van der Waals surface area contributed by atoms with Crippen molar-refractivity contribution >= 4 is 11.8 Å². The van der Waals surface area contributed by atoms with E-state index in [1.165, 1.54) is 0 Å². The lowest BCUT2D eigenvalue weighted by Gasteiger charge is -2.15. The second kappa shape index (κ2) is 6.03. The number of aliphatic hydroxyl groups excluding tert-OH is 1. The number of hydrogen-bond acceptors (Lipinski definition) is 3. The number of amides is 2. The monoisotopic (exact) mass is 245 g/mol. The minimum atomic E-state index is -0.183. The third-order valence-corrected chi connectivity index (χ3v) is 2.70. The van der Waals surface area contributed by atoms with E-state index in [1.807, 2.05) is 0 Å². The fraction of sp³-hybridized carbons (Fsp3) is 0.385. The molecule has 1 fully saturated rings. The van der Waals surface area contributed by atoms with E-state index in [2.05, 4.69) is 22.1 Å². The van der Waals surface area contributed by atoms with Gasteiger partial charge in [-0.25, -0.2) is 9.78 Å². The van der Waals surface area contributed by atoms with Crippen LogP contribution in [0.2, 0.25) is 0 Å². The number of rotatable bonds is 1. The van der Waals surface area contributed by atoms with Gasteiger partial charge in [0.2, 0.25) is 0 Å². The second-order valence-electron chi connectivity index (χ2n) is 4.01. The zero-order valence-corrected chi connectivity index (χ0v) is 10.0. The lowest BCUT2D eigenvalue weighted by atomic mass is 10.2. The molecule has 0 bridgehead atoms. The molecule has 1 aromatic rings. The van der Waals surface area contributed by atoms with E-state index >= 15 is 0 Å². The molecule has 0 radical (unpaired) electrons. The van der Waals surface area contributed by atoms with Crippen LogP contribution in [-0.2, 0) is 0 Å². The summed E-state index contributed by atoms with van der Waals surface area (Å²) in [6.07, 6.45) is 3.70. The van der Waals surface area contributed by atoms with Crippen LogP contribution in [0, 0.1) is 11.8 Å². The Hall–Kier alpha value is -2.06. The van der Waals surface area contributed by atoms with Gasteiger partial charge < -0.3 is 10.0 Å². The highest BCUT2D eigenvalue weighted by Crippen LogP contribution is 2.11. The highest BCUT2D eigenvalue weighted by atomic mass is 16.2. The number of carbonyl (C=O) groups is 1. The standard InChI is InChI=1S/C13H15N3O2/c17-9-3-4-11-5-6-14-12(10-11)15-13(18)16-7-1-2-8-16/h5-6,10,17H,1-2,7-9H2,(H,14,15,18). The molecule has 2 heterocycles. The number of nitrogens with one attached hydrogen (secondary N) is 1. The molecule has 0 atom stereocenters. The minimum Gasteiger partial charge on any atom is -0.384 e. The van der Waals surface area contributed by atoms with Crippen molar-refractivity contribution in [2.45, 2.75) is 12.8 Å². The maximum absolute atomic E-state index is 11.8. The van der Waals surface area contributed by atoms with Crippen LogP contribution >= 0.6 is 0 Å². The van der Waals surface area contributed by atoms with Gasteiger partial charge in [0, 0.05) is 24.8 Å². The summed E-state index contributed by atoms with van der Waals surface area (Å²) in [7, 11) is 0. The predicted octanol–water partition coefficient (Wildman–Crippen LogP) is 1.05. The zero-order chi connectivity index (χ0) is 12.8. The van der Waals surface area contributed by atoms with Crippen molar-refractivity contribution < 1.29 is 9.90 Å². The Morgan fingerprint density at radius 3 is 3.00 bits per heavy atom. The van der Waals surface area contributed by atoms with E-state index in [-0.39, 0.29) is 12.6 Å². The first-order valence-corrected chi connectivity index (χ1v) is 5.91. The van der Waals surface area contributed by atoms with Crippen molar-refractivity contribution in [3.63, 3.8) is 0 Å². The molecule has 5 heteroatoms. The molecule has 0 spiro atoms. The average molecular weight is 245 g/mol. The van der Waals surface area contributed by atoms with Gasteiger partial charge in [-0.2, -0.15) is 0 Å². The third-order valence-electron chi connectivity index (χ3n) is 2.70. The van der Waals surface area contributed by atoms with Crippen LogP contribution in [0.5, 0.6) is 0 Å².